The van der Waals surface area contributed by atoms with Gasteiger partial charge in [0.25, 0.3) is 0 Å². The Bertz CT molecular complexity index is 574. The second kappa shape index (κ2) is 7.20. The Morgan fingerprint density at radius 1 is 1.19 bits per heavy atom. The number of rotatable bonds is 7. The second-order valence-corrected chi connectivity index (χ2v) is 5.51. The Labute approximate surface area is 126 Å². The fourth-order valence-electron chi connectivity index (χ4n) is 2.13. The quantitative estimate of drug-likeness (QED) is 0.846. The fourth-order valence-corrected chi connectivity index (χ4v) is 2.13. The minimum Gasteiger partial charge on any atom is -0.370 e. The van der Waals surface area contributed by atoms with Gasteiger partial charge >= 0.3 is 0 Å². The van der Waals surface area contributed by atoms with Crippen LogP contribution in [-0.4, -0.2) is 26.1 Å². The highest BCUT2D eigenvalue weighted by Crippen LogP contribution is 2.18. The lowest BCUT2D eigenvalue weighted by atomic mass is 10.2. The molecule has 0 aliphatic carbocycles. The van der Waals surface area contributed by atoms with Crippen LogP contribution in [0.5, 0.6) is 0 Å². The van der Waals surface area contributed by atoms with Gasteiger partial charge in [-0.3, -0.25) is 4.57 Å². The molecule has 0 amide bonds. The molecular formula is C16H25N5. The van der Waals surface area contributed by atoms with Gasteiger partial charge in [-0.1, -0.05) is 27.7 Å². The van der Waals surface area contributed by atoms with Gasteiger partial charge in [0.15, 0.2) is 0 Å². The van der Waals surface area contributed by atoms with Gasteiger partial charge in [0.1, 0.15) is 23.3 Å². The molecule has 2 aromatic heterocycles. The van der Waals surface area contributed by atoms with Crippen LogP contribution in [0.15, 0.2) is 18.5 Å². The van der Waals surface area contributed by atoms with E-state index in [1.807, 2.05) is 18.5 Å². The molecule has 0 bridgehead atoms. The third kappa shape index (κ3) is 3.80. The van der Waals surface area contributed by atoms with E-state index in [1.165, 1.54) is 0 Å². The van der Waals surface area contributed by atoms with E-state index in [9.17, 15) is 0 Å². The predicted molar refractivity (Wildman–Crippen MR) is 86.0 cm³/mol. The van der Waals surface area contributed by atoms with Crippen LogP contribution in [0.3, 0.4) is 0 Å². The van der Waals surface area contributed by atoms with Crippen molar-refractivity contribution in [3.8, 4) is 5.82 Å². The van der Waals surface area contributed by atoms with Gasteiger partial charge in [-0.2, -0.15) is 0 Å². The molecule has 0 fully saturated rings. The molecule has 114 valence electrons. The summed E-state index contributed by atoms with van der Waals surface area (Å²) in [7, 11) is 0. The first kappa shape index (κ1) is 15.5. The van der Waals surface area contributed by atoms with Crippen LogP contribution in [0.25, 0.3) is 5.82 Å². The van der Waals surface area contributed by atoms with Crippen LogP contribution >= 0.6 is 0 Å². The summed E-state index contributed by atoms with van der Waals surface area (Å²) in [6.45, 7) is 9.45. The van der Waals surface area contributed by atoms with E-state index in [-0.39, 0.29) is 0 Å². The maximum atomic E-state index is 4.70. The maximum absolute atomic E-state index is 4.70. The van der Waals surface area contributed by atoms with Gasteiger partial charge in [-0.05, 0) is 12.8 Å². The molecule has 0 unspecified atom stereocenters. The topological polar surface area (TPSA) is 55.6 Å². The van der Waals surface area contributed by atoms with E-state index in [2.05, 4.69) is 47.5 Å². The van der Waals surface area contributed by atoms with E-state index in [1.54, 1.807) is 0 Å². The average molecular weight is 287 g/mol. The Kier molecular flexibility index (Phi) is 5.31. The van der Waals surface area contributed by atoms with E-state index in [4.69, 9.17) is 4.98 Å². The van der Waals surface area contributed by atoms with Crippen molar-refractivity contribution in [2.45, 2.75) is 52.9 Å². The van der Waals surface area contributed by atoms with E-state index >= 15 is 0 Å². The van der Waals surface area contributed by atoms with Gasteiger partial charge in [-0.15, -0.1) is 0 Å². The lowest BCUT2D eigenvalue weighted by Crippen LogP contribution is -2.10. The third-order valence-corrected chi connectivity index (χ3v) is 3.24. The molecule has 0 saturated heterocycles. The van der Waals surface area contributed by atoms with Crippen molar-refractivity contribution < 1.29 is 0 Å². The first-order chi connectivity index (χ1) is 10.2. The number of nitrogens with one attached hydrogen (secondary N) is 1. The van der Waals surface area contributed by atoms with Crippen LogP contribution in [0.4, 0.5) is 5.82 Å². The molecule has 0 saturated carbocycles. The number of anilines is 1. The maximum Gasteiger partial charge on any atom is 0.143 e. The number of hydrogen-bond acceptors (Lipinski definition) is 4. The van der Waals surface area contributed by atoms with E-state index < -0.39 is 0 Å². The summed E-state index contributed by atoms with van der Waals surface area (Å²) in [5.41, 5.74) is 0. The normalized spacial score (nSPS) is 11.1. The third-order valence-electron chi connectivity index (χ3n) is 3.24. The molecule has 0 spiro atoms. The number of nitrogens with zero attached hydrogens (tertiary/aromatic N) is 4. The summed E-state index contributed by atoms with van der Waals surface area (Å²) in [6, 6.07) is 2.00. The molecule has 5 nitrogen and oxygen atoms in total. The summed E-state index contributed by atoms with van der Waals surface area (Å²) in [6.07, 6.45) is 6.90. The van der Waals surface area contributed by atoms with Gasteiger partial charge in [0.05, 0.1) is 0 Å². The van der Waals surface area contributed by atoms with Crippen molar-refractivity contribution in [2.75, 3.05) is 11.9 Å². The smallest absolute Gasteiger partial charge is 0.143 e. The number of aromatic nitrogens is 4. The summed E-state index contributed by atoms with van der Waals surface area (Å²) >= 11 is 0. The van der Waals surface area contributed by atoms with Crippen molar-refractivity contribution in [3.05, 3.63) is 30.1 Å². The molecule has 2 heterocycles. The molecule has 2 aromatic rings. The zero-order valence-corrected chi connectivity index (χ0v) is 13.4. The van der Waals surface area contributed by atoms with Gasteiger partial charge < -0.3 is 5.32 Å². The molecule has 0 radical (unpaired) electrons. The molecule has 2 rings (SSSR count). The molecule has 5 heteroatoms. The first-order valence-electron chi connectivity index (χ1n) is 7.81. The van der Waals surface area contributed by atoms with Gasteiger partial charge in [0.2, 0.25) is 0 Å². The lowest BCUT2D eigenvalue weighted by molar-refractivity contribution is 0.745. The van der Waals surface area contributed by atoms with Crippen molar-refractivity contribution in [1.82, 2.24) is 19.5 Å². The minimum atomic E-state index is 0.297. The summed E-state index contributed by atoms with van der Waals surface area (Å²) in [5.74, 6) is 4.00. The van der Waals surface area contributed by atoms with E-state index in [0.717, 1.165) is 49.1 Å². The fraction of sp³-hybridized carbons (Fsp3) is 0.562. The Morgan fingerprint density at radius 2 is 2.00 bits per heavy atom. The molecule has 0 aliphatic rings. The second-order valence-electron chi connectivity index (χ2n) is 5.51. The van der Waals surface area contributed by atoms with Crippen LogP contribution < -0.4 is 5.32 Å². The highest BCUT2D eigenvalue weighted by atomic mass is 15.2. The molecule has 0 aromatic carbocycles. The van der Waals surface area contributed by atoms with Crippen molar-refractivity contribution in [3.63, 3.8) is 0 Å². The summed E-state index contributed by atoms with van der Waals surface area (Å²) in [4.78, 5) is 13.7. The summed E-state index contributed by atoms with van der Waals surface area (Å²) in [5, 5.41) is 3.36. The highest BCUT2D eigenvalue weighted by Gasteiger charge is 2.11. The van der Waals surface area contributed by atoms with Crippen LogP contribution in [0.2, 0.25) is 0 Å². The molecular weight excluding hydrogens is 262 g/mol. The monoisotopic (exact) mass is 287 g/mol. The zero-order valence-electron chi connectivity index (χ0n) is 13.4. The highest BCUT2D eigenvalue weighted by molar-refractivity contribution is 5.42. The van der Waals surface area contributed by atoms with Crippen molar-refractivity contribution in [2.24, 2.45) is 0 Å². The summed E-state index contributed by atoms with van der Waals surface area (Å²) < 4.78 is 2.06. The molecule has 1 N–H and O–H groups in total. The van der Waals surface area contributed by atoms with Crippen LogP contribution in [-0.2, 0) is 6.42 Å². The zero-order chi connectivity index (χ0) is 15.2. The predicted octanol–water partition coefficient (Wildman–Crippen LogP) is 3.56. The SMILES string of the molecule is CCCNc1cc(-n2ccnc2CCC)nc(C(C)C)n1. The largest absolute Gasteiger partial charge is 0.370 e. The number of imidazole rings is 1. The van der Waals surface area contributed by atoms with Gasteiger partial charge in [0, 0.05) is 37.3 Å². The standard InChI is InChI=1S/C16H25N5/c1-5-7-14-18-9-10-21(14)15-11-13(17-8-6-2)19-16(20-15)12(3)4/h9-12H,5-8H2,1-4H3,(H,17,19,20). The molecule has 0 aliphatic heterocycles. The Balaban J connectivity index is 2.41. The number of aryl methyl sites for hydroxylation is 1. The molecule has 0 atom stereocenters. The van der Waals surface area contributed by atoms with Crippen molar-refractivity contribution in [1.29, 1.82) is 0 Å². The average Bonchev–Trinajstić information content (AvgIpc) is 2.93. The first-order valence-corrected chi connectivity index (χ1v) is 7.81. The lowest BCUT2D eigenvalue weighted by Gasteiger charge is -2.13. The number of hydrogen-bond donors (Lipinski definition) is 1. The molecule has 21 heavy (non-hydrogen) atoms. The van der Waals surface area contributed by atoms with Gasteiger partial charge in [-0.25, -0.2) is 15.0 Å². The van der Waals surface area contributed by atoms with Crippen LogP contribution in [0, 0.1) is 0 Å². The van der Waals surface area contributed by atoms with Crippen molar-refractivity contribution >= 4 is 5.82 Å². The Hall–Kier alpha value is -1.91. The minimum absolute atomic E-state index is 0.297. The van der Waals surface area contributed by atoms with E-state index in [0.29, 0.717) is 5.92 Å². The Morgan fingerprint density at radius 3 is 2.67 bits per heavy atom. The van der Waals surface area contributed by atoms with Crippen LogP contribution in [0.1, 0.15) is 58.1 Å².